The Balaban J connectivity index is 1.57. The van der Waals surface area contributed by atoms with Crippen molar-refractivity contribution in [3.8, 4) is 5.75 Å². The summed E-state index contributed by atoms with van der Waals surface area (Å²) in [5.74, 6) is -0.361. The van der Waals surface area contributed by atoms with Crippen LogP contribution in [0.25, 0.3) is 0 Å². The Morgan fingerprint density at radius 2 is 1.47 bits per heavy atom. The molecule has 0 atom stereocenters. The summed E-state index contributed by atoms with van der Waals surface area (Å²) in [6, 6.07) is 15.4. The van der Waals surface area contributed by atoms with Crippen molar-refractivity contribution >= 4 is 44.0 Å². The van der Waals surface area contributed by atoms with Crippen molar-refractivity contribution in [1.82, 2.24) is 5.43 Å². The maximum atomic E-state index is 13.0. The molecule has 0 aliphatic carbocycles. The van der Waals surface area contributed by atoms with Crippen LogP contribution in [0.3, 0.4) is 0 Å². The molecule has 0 aromatic heterocycles. The van der Waals surface area contributed by atoms with Crippen molar-refractivity contribution in [3.05, 3.63) is 97.9 Å². The van der Waals surface area contributed by atoms with Crippen molar-refractivity contribution in [2.24, 2.45) is 5.10 Å². The van der Waals surface area contributed by atoms with Gasteiger partial charge in [0.1, 0.15) is 24.0 Å². The number of rotatable bonds is 7. The first-order valence-electron chi connectivity index (χ1n) is 8.83. The van der Waals surface area contributed by atoms with Crippen molar-refractivity contribution in [3.63, 3.8) is 0 Å². The monoisotopic (exact) mass is 536 g/mol. The third-order valence-corrected chi connectivity index (χ3v) is 5.18. The number of hydrazone groups is 1. The lowest BCUT2D eigenvalue weighted by Crippen LogP contribution is -2.19. The van der Waals surface area contributed by atoms with Gasteiger partial charge in [0.2, 0.25) is 5.91 Å². The van der Waals surface area contributed by atoms with E-state index < -0.39 is 0 Å². The van der Waals surface area contributed by atoms with Gasteiger partial charge in [-0.05, 0) is 84.9 Å². The summed E-state index contributed by atoms with van der Waals surface area (Å²) in [6.07, 6.45) is 1.60. The molecule has 0 unspecified atom stereocenters. The summed E-state index contributed by atoms with van der Waals surface area (Å²) in [5.41, 5.74) is 4.70. The van der Waals surface area contributed by atoms with E-state index in [2.05, 4.69) is 42.4 Å². The van der Waals surface area contributed by atoms with Crippen LogP contribution < -0.4 is 10.2 Å². The van der Waals surface area contributed by atoms with Crippen LogP contribution in [-0.4, -0.2) is 12.1 Å². The predicted molar refractivity (Wildman–Crippen MR) is 118 cm³/mol. The number of benzene rings is 3. The molecule has 0 heterocycles. The van der Waals surface area contributed by atoms with E-state index in [1.165, 1.54) is 30.5 Å². The fourth-order valence-corrected chi connectivity index (χ4v) is 3.98. The highest BCUT2D eigenvalue weighted by Gasteiger charge is 2.09. The predicted octanol–water partition coefficient (Wildman–Crippen LogP) is 5.76. The van der Waals surface area contributed by atoms with Crippen LogP contribution in [0.5, 0.6) is 5.75 Å². The summed E-state index contributed by atoms with van der Waals surface area (Å²) in [6.45, 7) is 0.282. The Labute approximate surface area is 189 Å². The number of amides is 1. The van der Waals surface area contributed by atoms with E-state index in [1.54, 1.807) is 36.4 Å². The molecule has 8 heteroatoms. The zero-order valence-electron chi connectivity index (χ0n) is 15.5. The van der Waals surface area contributed by atoms with Gasteiger partial charge in [-0.3, -0.25) is 4.79 Å². The van der Waals surface area contributed by atoms with E-state index in [0.29, 0.717) is 20.3 Å². The van der Waals surface area contributed by atoms with Crippen LogP contribution in [0, 0.1) is 11.6 Å². The average molecular weight is 538 g/mol. The number of hydrogen-bond donors (Lipinski definition) is 1. The first-order chi connectivity index (χ1) is 14.4. The second-order valence-corrected chi connectivity index (χ2v) is 8.03. The summed E-state index contributed by atoms with van der Waals surface area (Å²) in [5, 5.41) is 3.95. The zero-order valence-corrected chi connectivity index (χ0v) is 18.7. The molecule has 0 radical (unpaired) electrons. The van der Waals surface area contributed by atoms with Gasteiger partial charge < -0.3 is 4.74 Å². The lowest BCUT2D eigenvalue weighted by molar-refractivity contribution is -0.120. The summed E-state index contributed by atoms with van der Waals surface area (Å²) < 4.78 is 33.1. The minimum atomic E-state index is -0.349. The Morgan fingerprint density at radius 3 is 2.03 bits per heavy atom. The number of nitrogens with zero attached hydrogens (tertiary/aromatic N) is 1. The second-order valence-electron chi connectivity index (χ2n) is 6.33. The van der Waals surface area contributed by atoms with Crippen LogP contribution in [0.4, 0.5) is 8.78 Å². The van der Waals surface area contributed by atoms with Gasteiger partial charge in [0.15, 0.2) is 0 Å². The minimum Gasteiger partial charge on any atom is -0.487 e. The highest BCUT2D eigenvalue weighted by molar-refractivity contribution is 9.11. The molecule has 154 valence electrons. The Kier molecular flexibility index (Phi) is 7.70. The molecule has 3 aromatic rings. The molecule has 1 N–H and O–H groups in total. The maximum Gasteiger partial charge on any atom is 0.244 e. The minimum absolute atomic E-state index is 0.0984. The largest absolute Gasteiger partial charge is 0.487 e. The van der Waals surface area contributed by atoms with Gasteiger partial charge in [-0.1, -0.05) is 24.3 Å². The van der Waals surface area contributed by atoms with Crippen LogP contribution >= 0.6 is 31.9 Å². The number of carbonyl (C=O) groups is 1. The topological polar surface area (TPSA) is 50.7 Å². The molecule has 3 aromatic carbocycles. The number of ether oxygens (including phenoxy) is 1. The molecule has 30 heavy (non-hydrogen) atoms. The van der Waals surface area contributed by atoms with E-state index in [1.807, 2.05) is 0 Å². The van der Waals surface area contributed by atoms with Crippen LogP contribution in [0.1, 0.15) is 16.7 Å². The van der Waals surface area contributed by atoms with E-state index in [9.17, 15) is 13.6 Å². The average Bonchev–Trinajstić information content (AvgIpc) is 2.70. The van der Waals surface area contributed by atoms with Crippen LogP contribution in [0.15, 0.2) is 74.7 Å². The number of nitrogens with one attached hydrogen (secondary N) is 1. The highest BCUT2D eigenvalue weighted by atomic mass is 79.9. The molecule has 3 rings (SSSR count). The Hall–Kier alpha value is -2.58. The summed E-state index contributed by atoms with van der Waals surface area (Å²) in [7, 11) is 0. The number of carbonyl (C=O) groups excluding carboxylic acids is 1. The molecule has 1 amide bonds. The number of halogens is 4. The van der Waals surface area contributed by atoms with Gasteiger partial charge in [0.25, 0.3) is 0 Å². The van der Waals surface area contributed by atoms with E-state index in [4.69, 9.17) is 4.74 Å². The van der Waals surface area contributed by atoms with Gasteiger partial charge in [0.05, 0.1) is 21.6 Å². The van der Waals surface area contributed by atoms with E-state index in [0.717, 1.165) is 11.1 Å². The van der Waals surface area contributed by atoms with Crippen LogP contribution in [-0.2, 0) is 17.8 Å². The second kappa shape index (κ2) is 10.4. The van der Waals surface area contributed by atoms with Crippen LogP contribution in [0.2, 0.25) is 0 Å². The lowest BCUT2D eigenvalue weighted by Gasteiger charge is -2.11. The summed E-state index contributed by atoms with van der Waals surface area (Å²) in [4.78, 5) is 11.9. The molecule has 0 aliphatic heterocycles. The molecule has 0 fully saturated rings. The van der Waals surface area contributed by atoms with E-state index in [-0.39, 0.29) is 30.6 Å². The molecular weight excluding hydrogens is 522 g/mol. The van der Waals surface area contributed by atoms with Crippen molar-refractivity contribution in [2.75, 3.05) is 0 Å². The SMILES string of the molecule is O=C(Cc1ccc(F)cc1)N/N=C/c1cc(Br)c(OCc2ccc(F)cc2)c(Br)c1. The lowest BCUT2D eigenvalue weighted by atomic mass is 10.1. The Morgan fingerprint density at radius 1 is 0.933 bits per heavy atom. The van der Waals surface area contributed by atoms with Crippen molar-refractivity contribution in [1.29, 1.82) is 0 Å². The molecule has 0 spiro atoms. The fraction of sp³-hybridized carbons (Fsp3) is 0.0909. The van der Waals surface area contributed by atoms with Gasteiger partial charge in [0, 0.05) is 0 Å². The third kappa shape index (κ3) is 6.47. The van der Waals surface area contributed by atoms with Gasteiger partial charge in [-0.15, -0.1) is 0 Å². The maximum absolute atomic E-state index is 13.0. The standard InChI is InChI=1S/C22H16Br2F2N2O2/c23-19-9-16(12-27-28-21(29)11-14-1-5-17(25)6-2-14)10-20(24)22(19)30-13-15-3-7-18(26)8-4-15/h1-10,12H,11,13H2,(H,28,29)/b27-12+. The van der Waals surface area contributed by atoms with E-state index >= 15 is 0 Å². The molecule has 0 bridgehead atoms. The van der Waals surface area contributed by atoms with Crippen molar-refractivity contribution in [2.45, 2.75) is 13.0 Å². The van der Waals surface area contributed by atoms with Gasteiger partial charge >= 0.3 is 0 Å². The molecular formula is C22H16Br2F2N2O2. The quantitative estimate of drug-likeness (QED) is 0.307. The molecule has 0 aliphatic rings. The van der Waals surface area contributed by atoms with Crippen molar-refractivity contribution < 1.29 is 18.3 Å². The van der Waals surface area contributed by atoms with Gasteiger partial charge in [-0.25, -0.2) is 14.2 Å². The zero-order chi connectivity index (χ0) is 21.5. The third-order valence-electron chi connectivity index (χ3n) is 4.00. The molecule has 0 saturated carbocycles. The molecule has 0 saturated heterocycles. The Bertz CT molecular complexity index is 1030. The number of hydrogen-bond acceptors (Lipinski definition) is 3. The first-order valence-corrected chi connectivity index (χ1v) is 10.4. The highest BCUT2D eigenvalue weighted by Crippen LogP contribution is 2.35. The summed E-state index contributed by atoms with van der Waals surface area (Å²) >= 11 is 6.92. The normalized spacial score (nSPS) is 10.9. The molecule has 4 nitrogen and oxygen atoms in total. The first kappa shape index (κ1) is 22.1. The smallest absolute Gasteiger partial charge is 0.244 e. The van der Waals surface area contributed by atoms with Gasteiger partial charge in [-0.2, -0.15) is 5.10 Å². The fourth-order valence-electron chi connectivity index (χ4n) is 2.53.